The second-order valence-electron chi connectivity index (χ2n) is 11.9. The zero-order valence-corrected chi connectivity index (χ0v) is 23.8. The number of para-hydroxylation sites is 1. The summed E-state index contributed by atoms with van der Waals surface area (Å²) < 4.78 is 55.9. The molecule has 6 heteroatoms. The molecule has 0 bridgehead atoms. The van der Waals surface area contributed by atoms with E-state index < -0.39 is 23.2 Å². The highest BCUT2D eigenvalue weighted by Crippen LogP contribution is 2.39. The van der Waals surface area contributed by atoms with Gasteiger partial charge < -0.3 is 14.9 Å². The molecule has 0 amide bonds. The molecule has 0 aromatic heterocycles. The Bertz CT molecular complexity index is 1320. The summed E-state index contributed by atoms with van der Waals surface area (Å²) in [5, 5.41) is 8.08. The predicted molar refractivity (Wildman–Crippen MR) is 148 cm³/mol. The van der Waals surface area contributed by atoms with Crippen LogP contribution in [-0.4, -0.2) is 12.3 Å². The molecule has 0 aliphatic carbocycles. The lowest BCUT2D eigenvalue weighted by molar-refractivity contribution is 0.215. The summed E-state index contributed by atoms with van der Waals surface area (Å²) in [6.07, 6.45) is 1.33. The van der Waals surface area contributed by atoms with Gasteiger partial charge in [0.05, 0.1) is 0 Å². The molecule has 3 aromatic rings. The van der Waals surface area contributed by atoms with E-state index in [1.54, 1.807) is 18.2 Å². The molecule has 3 aromatic carbocycles. The Morgan fingerprint density at radius 1 is 0.842 bits per heavy atom. The third-order valence-electron chi connectivity index (χ3n) is 6.67. The second-order valence-corrected chi connectivity index (χ2v) is 11.9. The standard InChI is InChI=1S/C32H38F3NO2/c1-18(37-29-22(17-36)15-23(31(4,5)6)16-24(29)32(7,8)9)14-21-12-10-11-13-25(21)38-30-27(34)19(2)26(33)20(3)28(30)35/h10-13,15-18,36H,14H2,1-9H3/t18-/m0/s1. The number of rotatable bonds is 7. The van der Waals surface area contributed by atoms with Gasteiger partial charge in [0.15, 0.2) is 17.4 Å². The van der Waals surface area contributed by atoms with Crippen LogP contribution >= 0.6 is 0 Å². The quantitative estimate of drug-likeness (QED) is 0.313. The van der Waals surface area contributed by atoms with Crippen LogP contribution in [0.25, 0.3) is 0 Å². The number of benzene rings is 3. The number of ether oxygens (including phenoxy) is 2. The summed E-state index contributed by atoms with van der Waals surface area (Å²) in [5.74, 6) is -2.76. The molecule has 3 nitrogen and oxygen atoms in total. The summed E-state index contributed by atoms with van der Waals surface area (Å²) in [4.78, 5) is 0. The molecule has 0 fully saturated rings. The number of halogens is 3. The molecular weight excluding hydrogens is 487 g/mol. The molecule has 0 unspecified atom stereocenters. The second kappa shape index (κ2) is 10.8. The predicted octanol–water partition coefficient (Wildman–Crippen LogP) is 9.12. The van der Waals surface area contributed by atoms with Crippen molar-refractivity contribution in [1.29, 1.82) is 5.41 Å². The highest BCUT2D eigenvalue weighted by molar-refractivity contribution is 5.83. The minimum atomic E-state index is -1.06. The first-order valence-corrected chi connectivity index (χ1v) is 12.8. The fourth-order valence-electron chi connectivity index (χ4n) is 4.32. The van der Waals surface area contributed by atoms with Crippen molar-refractivity contribution < 1.29 is 22.6 Å². The Morgan fingerprint density at radius 2 is 1.42 bits per heavy atom. The number of nitrogens with one attached hydrogen (secondary N) is 1. The highest BCUT2D eigenvalue weighted by Gasteiger charge is 2.27. The normalized spacial score (nSPS) is 12.8. The van der Waals surface area contributed by atoms with E-state index in [1.807, 2.05) is 19.1 Å². The van der Waals surface area contributed by atoms with Crippen molar-refractivity contribution in [3.05, 3.63) is 87.2 Å². The van der Waals surface area contributed by atoms with E-state index in [1.165, 1.54) is 20.1 Å². The molecule has 0 spiro atoms. The summed E-state index contributed by atoms with van der Waals surface area (Å²) >= 11 is 0. The van der Waals surface area contributed by atoms with Crippen molar-refractivity contribution in [3.63, 3.8) is 0 Å². The maximum absolute atomic E-state index is 14.8. The van der Waals surface area contributed by atoms with Crippen LogP contribution in [0, 0.1) is 36.7 Å². The molecule has 0 heterocycles. The maximum Gasteiger partial charge on any atom is 0.199 e. The van der Waals surface area contributed by atoms with Gasteiger partial charge in [-0.25, -0.2) is 13.2 Å². The van der Waals surface area contributed by atoms with Crippen molar-refractivity contribution >= 4 is 6.21 Å². The topological polar surface area (TPSA) is 42.3 Å². The van der Waals surface area contributed by atoms with E-state index >= 15 is 0 Å². The Balaban J connectivity index is 1.97. The van der Waals surface area contributed by atoms with Crippen molar-refractivity contribution in [2.45, 2.75) is 85.7 Å². The first kappa shape index (κ1) is 29.3. The minimum Gasteiger partial charge on any atom is -0.489 e. The van der Waals surface area contributed by atoms with E-state index in [-0.39, 0.29) is 33.8 Å². The molecule has 1 N–H and O–H groups in total. The first-order chi connectivity index (χ1) is 17.6. The van der Waals surface area contributed by atoms with Gasteiger partial charge in [0, 0.05) is 34.9 Å². The van der Waals surface area contributed by atoms with Gasteiger partial charge in [-0.15, -0.1) is 0 Å². The first-order valence-electron chi connectivity index (χ1n) is 12.8. The van der Waals surface area contributed by atoms with Crippen LogP contribution in [0.2, 0.25) is 0 Å². The zero-order chi connectivity index (χ0) is 28.6. The van der Waals surface area contributed by atoms with E-state index in [0.29, 0.717) is 23.3 Å². The monoisotopic (exact) mass is 525 g/mol. The molecule has 1 atom stereocenters. The molecule has 204 valence electrons. The van der Waals surface area contributed by atoms with Crippen molar-refractivity contribution in [1.82, 2.24) is 0 Å². The summed E-state index contributed by atoms with van der Waals surface area (Å²) in [5.41, 5.74) is 2.58. The summed E-state index contributed by atoms with van der Waals surface area (Å²) in [7, 11) is 0. The third kappa shape index (κ3) is 6.06. The van der Waals surface area contributed by atoms with Crippen molar-refractivity contribution in [2.24, 2.45) is 0 Å². The van der Waals surface area contributed by atoms with Gasteiger partial charge >= 0.3 is 0 Å². The van der Waals surface area contributed by atoms with Gasteiger partial charge in [0.1, 0.15) is 23.4 Å². The Kier molecular flexibility index (Phi) is 8.35. The van der Waals surface area contributed by atoms with Gasteiger partial charge in [-0.3, -0.25) is 0 Å². The van der Waals surface area contributed by atoms with E-state index in [0.717, 1.165) is 11.1 Å². The van der Waals surface area contributed by atoms with Crippen molar-refractivity contribution in [3.8, 4) is 17.2 Å². The van der Waals surface area contributed by atoms with Crippen molar-refractivity contribution in [2.75, 3.05) is 0 Å². The molecule has 0 saturated carbocycles. The minimum absolute atomic E-state index is 0.0974. The van der Waals surface area contributed by atoms with Crippen LogP contribution in [0.5, 0.6) is 17.2 Å². The summed E-state index contributed by atoms with van der Waals surface area (Å²) in [6.45, 7) is 17.2. The molecule has 0 aliphatic rings. The van der Waals surface area contributed by atoms with Crippen LogP contribution < -0.4 is 9.47 Å². The molecule has 0 radical (unpaired) electrons. The van der Waals surface area contributed by atoms with Crippen LogP contribution in [0.1, 0.15) is 81.8 Å². The van der Waals surface area contributed by atoms with Gasteiger partial charge in [-0.05, 0) is 54.9 Å². The van der Waals surface area contributed by atoms with Crippen LogP contribution in [0.15, 0.2) is 36.4 Å². The largest absolute Gasteiger partial charge is 0.489 e. The highest BCUT2D eigenvalue weighted by atomic mass is 19.1. The Labute approximate surface area is 224 Å². The zero-order valence-electron chi connectivity index (χ0n) is 23.8. The number of hydrogen-bond donors (Lipinski definition) is 1. The van der Waals surface area contributed by atoms with Crippen LogP contribution in [0.3, 0.4) is 0 Å². The van der Waals surface area contributed by atoms with Crippen LogP contribution in [-0.2, 0) is 17.3 Å². The van der Waals surface area contributed by atoms with Gasteiger partial charge in [-0.2, -0.15) is 0 Å². The van der Waals surface area contributed by atoms with E-state index in [2.05, 4.69) is 47.6 Å². The third-order valence-corrected chi connectivity index (χ3v) is 6.67. The van der Waals surface area contributed by atoms with Crippen LogP contribution in [0.4, 0.5) is 13.2 Å². The lowest BCUT2D eigenvalue weighted by Gasteiger charge is -2.30. The number of hydrogen-bond acceptors (Lipinski definition) is 3. The molecule has 0 aliphatic heterocycles. The van der Waals surface area contributed by atoms with Gasteiger partial charge in [0.25, 0.3) is 0 Å². The average molecular weight is 526 g/mol. The molecular formula is C32H38F3NO2. The lowest BCUT2D eigenvalue weighted by atomic mass is 9.79. The molecule has 3 rings (SSSR count). The average Bonchev–Trinajstić information content (AvgIpc) is 2.83. The van der Waals surface area contributed by atoms with E-state index in [9.17, 15) is 13.2 Å². The SMILES string of the molecule is Cc1c(F)c(C)c(F)c(Oc2ccccc2C[C@H](C)Oc2c(C=N)cc(C(C)(C)C)cc2C(C)(C)C)c1F. The Morgan fingerprint density at radius 3 is 1.95 bits per heavy atom. The van der Waals surface area contributed by atoms with Gasteiger partial charge in [-0.1, -0.05) is 65.8 Å². The smallest absolute Gasteiger partial charge is 0.199 e. The molecule has 0 saturated heterocycles. The maximum atomic E-state index is 14.8. The Hall–Kier alpha value is -3.28. The summed E-state index contributed by atoms with van der Waals surface area (Å²) in [6, 6.07) is 11.1. The van der Waals surface area contributed by atoms with E-state index in [4.69, 9.17) is 14.9 Å². The fourth-order valence-corrected chi connectivity index (χ4v) is 4.32. The lowest BCUT2D eigenvalue weighted by Crippen LogP contribution is -2.23. The fraction of sp³-hybridized carbons (Fsp3) is 0.406. The van der Waals surface area contributed by atoms with Gasteiger partial charge in [0.2, 0.25) is 0 Å². The molecule has 38 heavy (non-hydrogen) atoms.